The Morgan fingerprint density at radius 2 is 2.11 bits per heavy atom. The predicted octanol–water partition coefficient (Wildman–Crippen LogP) is 0.779. The van der Waals surface area contributed by atoms with Gasteiger partial charge in [-0.2, -0.15) is 0 Å². The topological polar surface area (TPSA) is 87.1 Å². The highest BCUT2D eigenvalue weighted by Crippen LogP contribution is 2.40. The number of hydrogen-bond donors (Lipinski definition) is 2. The lowest BCUT2D eigenvalue weighted by Gasteiger charge is -2.29. The maximum absolute atomic E-state index is 12.2. The van der Waals surface area contributed by atoms with Crippen LogP contribution in [0.1, 0.15) is 33.6 Å². The highest BCUT2D eigenvalue weighted by atomic mass is 16.6. The number of ether oxygens (including phenoxy) is 1. The van der Waals surface area contributed by atoms with Crippen LogP contribution in [0.15, 0.2) is 11.6 Å². The van der Waals surface area contributed by atoms with E-state index in [1.807, 2.05) is 0 Å². The Morgan fingerprint density at radius 1 is 1.47 bits per heavy atom. The monoisotopic (exact) mass is 269 g/mol. The lowest BCUT2D eigenvalue weighted by atomic mass is 9.97. The number of rotatable bonds is 1. The van der Waals surface area contributed by atoms with Crippen LogP contribution in [0.2, 0.25) is 0 Å². The molecule has 1 aliphatic heterocycles. The van der Waals surface area contributed by atoms with Gasteiger partial charge >= 0.3 is 6.09 Å². The van der Waals surface area contributed by atoms with Crippen LogP contribution in [0.5, 0.6) is 0 Å². The quantitative estimate of drug-likeness (QED) is 0.687. The molecule has 1 fully saturated rings. The fourth-order valence-corrected chi connectivity index (χ4v) is 2.64. The van der Waals surface area contributed by atoms with Gasteiger partial charge in [-0.3, -0.25) is 4.79 Å². The van der Waals surface area contributed by atoms with Crippen LogP contribution in [-0.2, 0) is 9.53 Å². The summed E-state index contributed by atoms with van der Waals surface area (Å²) >= 11 is 0. The zero-order valence-corrected chi connectivity index (χ0v) is 11.3. The molecule has 0 saturated carbocycles. The molecule has 2 atom stereocenters. The number of amides is 2. The van der Waals surface area contributed by atoms with E-state index in [0.29, 0.717) is 12.0 Å². The van der Waals surface area contributed by atoms with Gasteiger partial charge in [0, 0.05) is 11.5 Å². The summed E-state index contributed by atoms with van der Waals surface area (Å²) in [6, 6.07) is -0.948. The molecule has 2 N–H and O–H groups in total. The molecule has 0 aromatic carbocycles. The number of imide groups is 1. The molecule has 2 unspecified atom stereocenters. The third-order valence-corrected chi connectivity index (χ3v) is 3.31. The Hall–Kier alpha value is -1.40. The molecule has 0 spiro atoms. The third-order valence-electron chi connectivity index (χ3n) is 3.31. The van der Waals surface area contributed by atoms with Crippen molar-refractivity contribution in [2.75, 3.05) is 0 Å². The van der Waals surface area contributed by atoms with Gasteiger partial charge < -0.3 is 14.9 Å². The first-order valence-electron chi connectivity index (χ1n) is 6.35. The van der Waals surface area contributed by atoms with Crippen molar-refractivity contribution in [2.45, 2.75) is 51.5 Å². The summed E-state index contributed by atoms with van der Waals surface area (Å²) in [7, 11) is 0. The molecule has 0 aromatic heterocycles. The molecule has 0 radical (unpaired) electrons. The second-order valence-corrected chi connectivity index (χ2v) is 5.90. The van der Waals surface area contributed by atoms with Crippen LogP contribution in [0, 0.1) is 5.92 Å². The molecule has 1 heterocycles. The molecule has 6 heteroatoms. The number of fused-ring (bicyclic) bond motifs is 1. The summed E-state index contributed by atoms with van der Waals surface area (Å²) in [6.45, 7) is 5.07. The second-order valence-electron chi connectivity index (χ2n) is 5.90. The zero-order chi connectivity index (χ0) is 14.4. The fraction of sp³-hybridized carbons (Fsp3) is 0.692. The van der Waals surface area contributed by atoms with E-state index in [1.54, 1.807) is 26.8 Å². The number of nitrogens with zero attached hydrogens (tertiary/aromatic N) is 1. The van der Waals surface area contributed by atoms with Crippen LogP contribution in [0.4, 0.5) is 4.79 Å². The molecule has 6 nitrogen and oxygen atoms in total. The van der Waals surface area contributed by atoms with E-state index in [4.69, 9.17) is 4.74 Å². The van der Waals surface area contributed by atoms with Gasteiger partial charge in [0.2, 0.25) is 0 Å². The van der Waals surface area contributed by atoms with Crippen molar-refractivity contribution in [3.8, 4) is 0 Å². The number of carbonyl (C=O) groups is 2. The molecule has 19 heavy (non-hydrogen) atoms. The van der Waals surface area contributed by atoms with E-state index < -0.39 is 29.9 Å². The van der Waals surface area contributed by atoms with Crippen LogP contribution in [-0.4, -0.2) is 45.0 Å². The second kappa shape index (κ2) is 4.61. The molecular formula is C13H19NO5. The maximum atomic E-state index is 12.2. The number of hydrogen-bond acceptors (Lipinski definition) is 5. The highest BCUT2D eigenvalue weighted by Gasteiger charge is 2.52. The lowest BCUT2D eigenvalue weighted by Crippen LogP contribution is -2.49. The Balaban J connectivity index is 2.27. The van der Waals surface area contributed by atoms with Gasteiger partial charge in [-0.05, 0) is 33.6 Å². The average molecular weight is 269 g/mol. The summed E-state index contributed by atoms with van der Waals surface area (Å²) in [6.07, 6.45) is 0.531. The van der Waals surface area contributed by atoms with Gasteiger partial charge in [-0.15, -0.1) is 0 Å². The summed E-state index contributed by atoms with van der Waals surface area (Å²) in [5.74, 6) is -0.783. The van der Waals surface area contributed by atoms with Crippen molar-refractivity contribution in [3.63, 3.8) is 0 Å². The van der Waals surface area contributed by atoms with Crippen LogP contribution in [0.3, 0.4) is 0 Å². The Bertz CT molecular complexity index is 435. The van der Waals surface area contributed by atoms with Crippen molar-refractivity contribution in [1.29, 1.82) is 0 Å². The summed E-state index contributed by atoms with van der Waals surface area (Å²) in [5.41, 5.74) is -0.252. The first kappa shape index (κ1) is 14.0. The molecular weight excluding hydrogens is 250 g/mol. The van der Waals surface area contributed by atoms with Gasteiger partial charge in [-0.1, -0.05) is 6.08 Å². The molecule has 106 valence electrons. The van der Waals surface area contributed by atoms with Crippen molar-refractivity contribution < 1.29 is 24.5 Å². The summed E-state index contributed by atoms with van der Waals surface area (Å²) in [4.78, 5) is 25.1. The van der Waals surface area contributed by atoms with Crippen molar-refractivity contribution >= 4 is 12.0 Å². The van der Waals surface area contributed by atoms with Crippen LogP contribution < -0.4 is 0 Å². The van der Waals surface area contributed by atoms with E-state index in [9.17, 15) is 19.8 Å². The van der Waals surface area contributed by atoms with Gasteiger partial charge in [0.05, 0.1) is 0 Å². The number of aliphatic hydroxyl groups excluding tert-OH is 1. The van der Waals surface area contributed by atoms with Crippen LogP contribution in [0.25, 0.3) is 0 Å². The number of aliphatic hydroxyl groups is 2. The predicted molar refractivity (Wildman–Crippen MR) is 65.9 cm³/mol. The van der Waals surface area contributed by atoms with Crippen molar-refractivity contribution in [2.24, 2.45) is 5.92 Å². The lowest BCUT2D eigenvalue weighted by molar-refractivity contribution is -0.136. The molecule has 0 bridgehead atoms. The van der Waals surface area contributed by atoms with E-state index in [0.717, 1.165) is 11.3 Å². The number of allylic oxidation sites excluding steroid dienone is 1. The number of carbonyl (C=O) groups excluding carboxylic acids is 2. The standard InChI is InChI=1S/C13H19NO5/c1-13(2,3)19-12(18)14-9(11(16)17)7-5-4-6-8(7)10(14)15/h6-7,9,11,16-17H,4-5H2,1-3H3. The van der Waals surface area contributed by atoms with Gasteiger partial charge in [0.25, 0.3) is 5.91 Å². The van der Waals surface area contributed by atoms with Crippen molar-refractivity contribution in [1.82, 2.24) is 4.90 Å². The SMILES string of the molecule is CC(C)(C)OC(=O)N1C(=O)C2=CCCC2C1C(O)O. The van der Waals surface area contributed by atoms with Crippen molar-refractivity contribution in [3.05, 3.63) is 11.6 Å². The first-order chi connectivity index (χ1) is 8.72. The third kappa shape index (κ3) is 2.50. The van der Waals surface area contributed by atoms with Crippen LogP contribution >= 0.6 is 0 Å². The smallest absolute Gasteiger partial charge is 0.417 e. The minimum atomic E-state index is -1.76. The van der Waals surface area contributed by atoms with Gasteiger partial charge in [0.1, 0.15) is 11.6 Å². The van der Waals surface area contributed by atoms with E-state index in [2.05, 4.69) is 0 Å². The Kier molecular flexibility index (Phi) is 3.40. The van der Waals surface area contributed by atoms with E-state index in [1.165, 1.54) is 0 Å². The van der Waals surface area contributed by atoms with E-state index >= 15 is 0 Å². The highest BCUT2D eigenvalue weighted by molar-refractivity contribution is 6.06. The molecule has 1 saturated heterocycles. The van der Waals surface area contributed by atoms with E-state index in [-0.39, 0.29) is 5.92 Å². The largest absolute Gasteiger partial charge is 0.443 e. The average Bonchev–Trinajstić information content (AvgIpc) is 2.77. The minimum Gasteiger partial charge on any atom is -0.443 e. The summed E-state index contributed by atoms with van der Waals surface area (Å²) in [5, 5.41) is 18.9. The molecule has 1 aliphatic carbocycles. The Labute approximate surface area is 111 Å². The molecule has 2 aliphatic rings. The number of likely N-dealkylation sites (tertiary alicyclic amines) is 1. The molecule has 0 aromatic rings. The Morgan fingerprint density at radius 3 is 2.63 bits per heavy atom. The zero-order valence-electron chi connectivity index (χ0n) is 11.3. The van der Waals surface area contributed by atoms with Gasteiger partial charge in [0.15, 0.2) is 6.29 Å². The van der Waals surface area contributed by atoms with Gasteiger partial charge in [-0.25, -0.2) is 9.69 Å². The molecule has 2 amide bonds. The molecule has 2 rings (SSSR count). The summed E-state index contributed by atoms with van der Waals surface area (Å²) < 4.78 is 5.15. The minimum absolute atomic E-state index is 0.306. The maximum Gasteiger partial charge on any atom is 0.417 e. The fourth-order valence-electron chi connectivity index (χ4n) is 2.64. The normalized spacial score (nSPS) is 26.7. The first-order valence-corrected chi connectivity index (χ1v) is 6.35.